The lowest BCUT2D eigenvalue weighted by molar-refractivity contribution is 0.0687. The summed E-state index contributed by atoms with van der Waals surface area (Å²) in [7, 11) is 0. The van der Waals surface area contributed by atoms with Crippen molar-refractivity contribution in [2.75, 3.05) is 0 Å². The first-order chi connectivity index (χ1) is 7.61. The average molecular weight is 237 g/mol. The normalized spacial score (nSPS) is 10.4. The molecule has 0 aliphatic carbocycles. The lowest BCUT2D eigenvalue weighted by atomic mass is 10.3. The summed E-state index contributed by atoms with van der Waals surface area (Å²) in [4.78, 5) is 15.1. The standard InChI is InChI=1S/C11H9ClN2O2/c1-7-10(11(15)16)14(6-13-7)9-5-3-2-4-8(9)12/h2-6H,1H3,(H,15,16). The van der Waals surface area contributed by atoms with E-state index in [0.29, 0.717) is 16.4 Å². The van der Waals surface area contributed by atoms with Gasteiger partial charge in [0.05, 0.1) is 16.4 Å². The highest BCUT2D eigenvalue weighted by molar-refractivity contribution is 6.32. The van der Waals surface area contributed by atoms with Crippen molar-refractivity contribution in [3.63, 3.8) is 0 Å². The van der Waals surface area contributed by atoms with Crippen molar-refractivity contribution in [2.45, 2.75) is 6.92 Å². The van der Waals surface area contributed by atoms with Gasteiger partial charge in [-0.15, -0.1) is 0 Å². The summed E-state index contributed by atoms with van der Waals surface area (Å²) < 4.78 is 1.47. The minimum Gasteiger partial charge on any atom is -0.477 e. The number of aromatic carboxylic acids is 1. The van der Waals surface area contributed by atoms with Crippen LogP contribution in [0.4, 0.5) is 0 Å². The van der Waals surface area contributed by atoms with Gasteiger partial charge in [0.2, 0.25) is 0 Å². The Morgan fingerprint density at radius 3 is 2.75 bits per heavy atom. The van der Waals surface area contributed by atoms with Gasteiger partial charge in [0.15, 0.2) is 5.69 Å². The van der Waals surface area contributed by atoms with Crippen molar-refractivity contribution in [3.8, 4) is 5.69 Å². The van der Waals surface area contributed by atoms with Crippen molar-refractivity contribution >= 4 is 17.6 Å². The minimum absolute atomic E-state index is 0.133. The number of aromatic nitrogens is 2. The highest BCUT2D eigenvalue weighted by atomic mass is 35.5. The quantitative estimate of drug-likeness (QED) is 0.872. The lowest BCUT2D eigenvalue weighted by Crippen LogP contribution is -2.07. The number of carboxylic acids is 1. The van der Waals surface area contributed by atoms with E-state index in [-0.39, 0.29) is 5.69 Å². The van der Waals surface area contributed by atoms with Crippen molar-refractivity contribution in [1.29, 1.82) is 0 Å². The molecule has 1 N–H and O–H groups in total. The number of nitrogens with zero attached hydrogens (tertiary/aromatic N) is 2. The number of carboxylic acid groups (broad SMARTS) is 1. The summed E-state index contributed by atoms with van der Waals surface area (Å²) in [6.07, 6.45) is 1.46. The molecule has 5 heteroatoms. The van der Waals surface area contributed by atoms with E-state index in [1.807, 2.05) is 0 Å². The number of rotatable bonds is 2. The van der Waals surface area contributed by atoms with Gasteiger partial charge in [0.25, 0.3) is 0 Å². The van der Waals surface area contributed by atoms with Gasteiger partial charge in [-0.25, -0.2) is 9.78 Å². The molecule has 2 aromatic rings. The van der Waals surface area contributed by atoms with Gasteiger partial charge in [-0.2, -0.15) is 0 Å². The molecule has 1 aromatic carbocycles. The maximum absolute atomic E-state index is 11.1. The Bertz CT molecular complexity index is 549. The third-order valence-electron chi connectivity index (χ3n) is 2.27. The Morgan fingerprint density at radius 1 is 1.44 bits per heavy atom. The molecule has 0 saturated carbocycles. The van der Waals surface area contributed by atoms with Crippen LogP contribution in [0.2, 0.25) is 5.02 Å². The molecule has 0 amide bonds. The highest BCUT2D eigenvalue weighted by Crippen LogP contribution is 2.22. The zero-order chi connectivity index (χ0) is 11.7. The number of hydrogen-bond acceptors (Lipinski definition) is 2. The zero-order valence-corrected chi connectivity index (χ0v) is 9.27. The molecule has 1 heterocycles. The number of carbonyl (C=O) groups is 1. The maximum Gasteiger partial charge on any atom is 0.354 e. The molecule has 0 saturated heterocycles. The molecule has 0 fully saturated rings. The van der Waals surface area contributed by atoms with Gasteiger partial charge in [-0.3, -0.25) is 4.57 Å². The molecule has 0 spiro atoms. The molecule has 2 rings (SSSR count). The largest absolute Gasteiger partial charge is 0.477 e. The minimum atomic E-state index is -1.02. The molecule has 16 heavy (non-hydrogen) atoms. The summed E-state index contributed by atoms with van der Waals surface area (Å²) in [5.74, 6) is -1.02. The second kappa shape index (κ2) is 3.98. The van der Waals surface area contributed by atoms with E-state index in [1.54, 1.807) is 31.2 Å². The van der Waals surface area contributed by atoms with Gasteiger partial charge in [0, 0.05) is 0 Å². The molecule has 0 atom stereocenters. The Kier molecular flexibility index (Phi) is 2.66. The van der Waals surface area contributed by atoms with E-state index in [0.717, 1.165) is 0 Å². The Morgan fingerprint density at radius 2 is 2.12 bits per heavy atom. The Labute approximate surface area is 97.1 Å². The summed E-state index contributed by atoms with van der Waals surface area (Å²) in [5.41, 5.74) is 1.21. The van der Waals surface area contributed by atoms with E-state index >= 15 is 0 Å². The number of halogens is 1. The molecule has 1 aromatic heterocycles. The van der Waals surface area contributed by atoms with Crippen LogP contribution >= 0.6 is 11.6 Å². The molecule has 0 aliphatic heterocycles. The smallest absolute Gasteiger partial charge is 0.354 e. The van der Waals surface area contributed by atoms with Gasteiger partial charge >= 0.3 is 5.97 Å². The van der Waals surface area contributed by atoms with Crippen LogP contribution in [0.3, 0.4) is 0 Å². The molecule has 0 radical (unpaired) electrons. The number of hydrogen-bond donors (Lipinski definition) is 1. The first kappa shape index (κ1) is 10.7. The fourth-order valence-electron chi connectivity index (χ4n) is 1.53. The number of para-hydroxylation sites is 1. The van der Waals surface area contributed by atoms with Crippen LogP contribution in [-0.2, 0) is 0 Å². The number of imidazole rings is 1. The molecule has 0 unspecified atom stereocenters. The van der Waals surface area contributed by atoms with Crippen LogP contribution in [-0.4, -0.2) is 20.6 Å². The fraction of sp³-hybridized carbons (Fsp3) is 0.0909. The van der Waals surface area contributed by atoms with Crippen molar-refractivity contribution in [1.82, 2.24) is 9.55 Å². The zero-order valence-electron chi connectivity index (χ0n) is 8.51. The van der Waals surface area contributed by atoms with Crippen molar-refractivity contribution < 1.29 is 9.90 Å². The van der Waals surface area contributed by atoms with E-state index in [9.17, 15) is 4.79 Å². The predicted molar refractivity (Wildman–Crippen MR) is 60.3 cm³/mol. The van der Waals surface area contributed by atoms with E-state index in [1.165, 1.54) is 10.9 Å². The average Bonchev–Trinajstić information content (AvgIpc) is 2.61. The van der Waals surface area contributed by atoms with Crippen LogP contribution in [0.15, 0.2) is 30.6 Å². The molecular weight excluding hydrogens is 228 g/mol. The number of aryl methyl sites for hydroxylation is 1. The molecule has 0 bridgehead atoms. The summed E-state index contributed by atoms with van der Waals surface area (Å²) in [6.45, 7) is 1.65. The molecule has 0 aliphatic rings. The van der Waals surface area contributed by atoms with Crippen molar-refractivity contribution in [2.24, 2.45) is 0 Å². The molecule has 82 valence electrons. The van der Waals surface area contributed by atoms with E-state index < -0.39 is 5.97 Å². The molecular formula is C11H9ClN2O2. The lowest BCUT2D eigenvalue weighted by Gasteiger charge is -2.07. The number of benzene rings is 1. The second-order valence-electron chi connectivity index (χ2n) is 3.31. The van der Waals surface area contributed by atoms with Crippen LogP contribution in [0.1, 0.15) is 16.2 Å². The van der Waals surface area contributed by atoms with E-state index in [4.69, 9.17) is 16.7 Å². The van der Waals surface area contributed by atoms with Crippen molar-refractivity contribution in [3.05, 3.63) is 47.0 Å². The van der Waals surface area contributed by atoms with E-state index in [2.05, 4.69) is 4.98 Å². The topological polar surface area (TPSA) is 55.1 Å². The third kappa shape index (κ3) is 1.67. The SMILES string of the molecule is Cc1ncn(-c2ccccc2Cl)c1C(=O)O. The van der Waals surface area contributed by atoms with Gasteiger partial charge < -0.3 is 5.11 Å². The fourth-order valence-corrected chi connectivity index (χ4v) is 1.75. The first-order valence-electron chi connectivity index (χ1n) is 4.63. The van der Waals surface area contributed by atoms with Gasteiger partial charge in [-0.1, -0.05) is 23.7 Å². The monoisotopic (exact) mass is 236 g/mol. The highest BCUT2D eigenvalue weighted by Gasteiger charge is 2.16. The molecule has 4 nitrogen and oxygen atoms in total. The maximum atomic E-state index is 11.1. The summed E-state index contributed by atoms with van der Waals surface area (Å²) >= 11 is 6.00. The summed E-state index contributed by atoms with van der Waals surface area (Å²) in [5, 5.41) is 9.57. The summed E-state index contributed by atoms with van der Waals surface area (Å²) in [6, 6.07) is 7.03. The van der Waals surface area contributed by atoms with Gasteiger partial charge in [0.1, 0.15) is 6.33 Å². The first-order valence-corrected chi connectivity index (χ1v) is 5.01. The predicted octanol–water partition coefficient (Wildman–Crippen LogP) is 2.53. The van der Waals surface area contributed by atoms with Crippen LogP contribution in [0.5, 0.6) is 0 Å². The van der Waals surface area contributed by atoms with Crippen LogP contribution < -0.4 is 0 Å². The second-order valence-corrected chi connectivity index (χ2v) is 3.71. The Balaban J connectivity index is 2.66. The van der Waals surface area contributed by atoms with Crippen LogP contribution in [0.25, 0.3) is 5.69 Å². The Hall–Kier alpha value is -1.81. The third-order valence-corrected chi connectivity index (χ3v) is 2.58. The van der Waals surface area contributed by atoms with Gasteiger partial charge in [-0.05, 0) is 19.1 Å². The van der Waals surface area contributed by atoms with Crippen LogP contribution in [0, 0.1) is 6.92 Å².